The molecule has 0 saturated heterocycles. The van der Waals surface area contributed by atoms with Crippen molar-refractivity contribution in [2.45, 2.75) is 0 Å². The summed E-state index contributed by atoms with van der Waals surface area (Å²) in [6.45, 7) is 0. The van der Waals surface area contributed by atoms with Gasteiger partial charge in [0.1, 0.15) is 5.82 Å². The van der Waals surface area contributed by atoms with Crippen LogP contribution < -0.4 is 5.32 Å². The Labute approximate surface area is 135 Å². The van der Waals surface area contributed by atoms with Gasteiger partial charge in [0.25, 0.3) is 5.91 Å². The van der Waals surface area contributed by atoms with Crippen molar-refractivity contribution < 1.29 is 9.18 Å². The summed E-state index contributed by atoms with van der Waals surface area (Å²) in [6.07, 6.45) is 1.42. The van der Waals surface area contributed by atoms with Gasteiger partial charge < -0.3 is 5.32 Å². The van der Waals surface area contributed by atoms with E-state index in [4.69, 9.17) is 23.2 Å². The van der Waals surface area contributed by atoms with Gasteiger partial charge in [-0.3, -0.25) is 4.79 Å². The Kier molecular flexibility index (Phi) is 3.92. The number of carbonyl (C=O) groups is 1. The lowest BCUT2D eigenvalue weighted by Crippen LogP contribution is -2.13. The van der Waals surface area contributed by atoms with Gasteiger partial charge in [0, 0.05) is 16.1 Å². The smallest absolute Gasteiger partial charge is 0.276 e. The number of fused-ring (bicyclic) bond motifs is 1. The van der Waals surface area contributed by atoms with Gasteiger partial charge >= 0.3 is 0 Å². The van der Waals surface area contributed by atoms with Crippen LogP contribution >= 0.6 is 23.2 Å². The van der Waals surface area contributed by atoms with E-state index in [1.165, 1.54) is 12.3 Å². The highest BCUT2D eigenvalue weighted by atomic mass is 35.5. The van der Waals surface area contributed by atoms with Crippen molar-refractivity contribution in [1.82, 2.24) is 0 Å². The molecule has 2 aromatic rings. The molecule has 0 aliphatic carbocycles. The molecule has 2 aromatic carbocycles. The van der Waals surface area contributed by atoms with Gasteiger partial charge in [0.2, 0.25) is 0 Å². The molecule has 0 atom stereocenters. The fourth-order valence-corrected chi connectivity index (χ4v) is 2.33. The fraction of sp³-hybridized carbons (Fsp3) is 0. The van der Waals surface area contributed by atoms with Crippen molar-refractivity contribution in [3.63, 3.8) is 0 Å². The lowest BCUT2D eigenvalue weighted by atomic mass is 10.1. The molecule has 0 unspecified atom stereocenters. The molecule has 110 valence electrons. The van der Waals surface area contributed by atoms with E-state index in [1.54, 1.807) is 24.3 Å². The van der Waals surface area contributed by atoms with Crippen molar-refractivity contribution in [2.24, 2.45) is 10.2 Å². The second kappa shape index (κ2) is 5.87. The van der Waals surface area contributed by atoms with Gasteiger partial charge in [-0.2, -0.15) is 5.10 Å². The van der Waals surface area contributed by atoms with Crippen molar-refractivity contribution in [1.29, 1.82) is 0 Å². The van der Waals surface area contributed by atoms with Gasteiger partial charge in [0.15, 0.2) is 5.71 Å². The normalized spacial score (nSPS) is 15.4. The zero-order valence-electron chi connectivity index (χ0n) is 11.0. The molecule has 1 N–H and O–H groups in total. The van der Waals surface area contributed by atoms with Gasteiger partial charge in [-0.15, -0.1) is 5.10 Å². The van der Waals surface area contributed by atoms with E-state index in [0.29, 0.717) is 21.8 Å². The number of nitrogens with zero attached hydrogens (tertiary/aromatic N) is 2. The van der Waals surface area contributed by atoms with Crippen LogP contribution in [-0.4, -0.2) is 17.8 Å². The second-order valence-electron chi connectivity index (χ2n) is 4.48. The van der Waals surface area contributed by atoms with Crippen LogP contribution in [0.3, 0.4) is 0 Å². The molecule has 1 aliphatic rings. The number of rotatable bonds is 2. The van der Waals surface area contributed by atoms with Crippen molar-refractivity contribution >= 4 is 46.7 Å². The highest BCUT2D eigenvalue weighted by molar-refractivity contribution is 6.54. The summed E-state index contributed by atoms with van der Waals surface area (Å²) in [4.78, 5) is 11.9. The molecular weight excluding hydrogens is 328 g/mol. The highest BCUT2D eigenvalue weighted by Crippen LogP contribution is 2.29. The summed E-state index contributed by atoms with van der Waals surface area (Å²) in [7, 11) is 0. The Balaban J connectivity index is 1.95. The molecule has 4 nitrogen and oxygen atoms in total. The summed E-state index contributed by atoms with van der Waals surface area (Å²) in [5, 5.41) is 10.7. The maximum Gasteiger partial charge on any atom is 0.276 e. The SMILES string of the molecule is O=C1Nc2cc(Cl)c(F)cc2/C1=N/N=Cc1ccccc1Cl. The number of hydrogen-bond donors (Lipinski definition) is 1. The topological polar surface area (TPSA) is 53.8 Å². The second-order valence-corrected chi connectivity index (χ2v) is 5.30. The van der Waals surface area contributed by atoms with Crippen LogP contribution in [0.4, 0.5) is 10.1 Å². The molecule has 7 heteroatoms. The molecule has 0 spiro atoms. The van der Waals surface area contributed by atoms with E-state index in [1.807, 2.05) is 0 Å². The maximum atomic E-state index is 13.5. The van der Waals surface area contributed by atoms with E-state index in [9.17, 15) is 9.18 Å². The Bertz CT molecular complexity index is 834. The van der Waals surface area contributed by atoms with Crippen LogP contribution in [0.1, 0.15) is 11.1 Å². The predicted octanol–water partition coefficient (Wildman–Crippen LogP) is 3.91. The molecular formula is C15H8Cl2FN3O. The third-order valence-electron chi connectivity index (χ3n) is 3.04. The van der Waals surface area contributed by atoms with Crippen LogP contribution in [0.5, 0.6) is 0 Å². The first kappa shape index (κ1) is 14.7. The number of anilines is 1. The van der Waals surface area contributed by atoms with E-state index < -0.39 is 11.7 Å². The zero-order valence-corrected chi connectivity index (χ0v) is 12.5. The maximum absolute atomic E-state index is 13.5. The number of benzene rings is 2. The largest absolute Gasteiger partial charge is 0.320 e. The fourth-order valence-electron chi connectivity index (χ4n) is 1.98. The van der Waals surface area contributed by atoms with Crippen LogP contribution in [0, 0.1) is 5.82 Å². The average Bonchev–Trinajstić information content (AvgIpc) is 2.77. The van der Waals surface area contributed by atoms with Gasteiger partial charge in [-0.25, -0.2) is 4.39 Å². The van der Waals surface area contributed by atoms with E-state index >= 15 is 0 Å². The Morgan fingerprint density at radius 2 is 1.91 bits per heavy atom. The summed E-state index contributed by atoms with van der Waals surface area (Å²) in [6, 6.07) is 9.55. The zero-order chi connectivity index (χ0) is 15.7. The average molecular weight is 336 g/mol. The Hall–Kier alpha value is -2.24. The summed E-state index contributed by atoms with van der Waals surface area (Å²) >= 11 is 11.7. The molecule has 22 heavy (non-hydrogen) atoms. The van der Waals surface area contributed by atoms with Crippen molar-refractivity contribution in [3.8, 4) is 0 Å². The van der Waals surface area contributed by atoms with Gasteiger partial charge in [-0.1, -0.05) is 41.4 Å². The minimum absolute atomic E-state index is 0.0221. The number of amides is 1. The summed E-state index contributed by atoms with van der Waals surface area (Å²) in [5.74, 6) is -1.09. The quantitative estimate of drug-likeness (QED) is 0.656. The molecule has 0 aromatic heterocycles. The van der Waals surface area contributed by atoms with E-state index in [2.05, 4.69) is 15.5 Å². The van der Waals surface area contributed by atoms with Gasteiger partial charge in [0.05, 0.1) is 16.9 Å². The number of halogens is 3. The van der Waals surface area contributed by atoms with Crippen molar-refractivity contribution in [2.75, 3.05) is 5.32 Å². The van der Waals surface area contributed by atoms with Crippen molar-refractivity contribution in [3.05, 3.63) is 63.4 Å². The van der Waals surface area contributed by atoms with Crippen LogP contribution in [0.2, 0.25) is 10.0 Å². The number of carbonyl (C=O) groups excluding carboxylic acids is 1. The van der Waals surface area contributed by atoms with Gasteiger partial charge in [-0.05, 0) is 18.2 Å². The first-order valence-corrected chi connectivity index (χ1v) is 6.98. The van der Waals surface area contributed by atoms with Crippen LogP contribution in [0.15, 0.2) is 46.6 Å². The molecule has 0 fully saturated rings. The van der Waals surface area contributed by atoms with E-state index in [0.717, 1.165) is 6.07 Å². The Morgan fingerprint density at radius 3 is 2.68 bits per heavy atom. The summed E-state index contributed by atoms with van der Waals surface area (Å²) < 4.78 is 13.5. The van der Waals surface area contributed by atoms with Crippen LogP contribution in [-0.2, 0) is 4.79 Å². The Morgan fingerprint density at radius 1 is 1.14 bits per heavy atom. The molecule has 1 aliphatic heterocycles. The standard InChI is InChI=1S/C15H8Cl2FN3O/c16-10-4-2-1-3-8(10)7-19-21-14-9-5-12(18)11(17)6-13(9)20-15(14)22/h1-7H,(H,20,21,22). The predicted molar refractivity (Wildman–Crippen MR) is 85.6 cm³/mol. The number of nitrogens with one attached hydrogen (secondary N) is 1. The minimum atomic E-state index is -0.625. The number of hydrogen-bond acceptors (Lipinski definition) is 3. The molecule has 0 bridgehead atoms. The first-order chi connectivity index (χ1) is 10.6. The lowest BCUT2D eigenvalue weighted by Gasteiger charge is -1.99. The van der Waals surface area contributed by atoms with E-state index in [-0.39, 0.29) is 10.7 Å². The van der Waals surface area contributed by atoms with Crippen LogP contribution in [0.25, 0.3) is 0 Å². The summed E-state index contributed by atoms with van der Waals surface area (Å²) in [5.41, 5.74) is 1.41. The molecule has 1 amide bonds. The monoisotopic (exact) mass is 335 g/mol. The molecule has 1 heterocycles. The third kappa shape index (κ3) is 2.73. The molecule has 0 saturated carbocycles. The highest BCUT2D eigenvalue weighted by Gasteiger charge is 2.27. The molecule has 3 rings (SSSR count). The first-order valence-electron chi connectivity index (χ1n) is 6.22. The molecule has 0 radical (unpaired) electrons. The minimum Gasteiger partial charge on any atom is -0.320 e. The third-order valence-corrected chi connectivity index (χ3v) is 3.67. The lowest BCUT2D eigenvalue weighted by molar-refractivity contribution is -0.110.